The van der Waals surface area contributed by atoms with E-state index in [1.807, 2.05) is 0 Å². The number of nitrogens with one attached hydrogen (secondary N) is 2. The summed E-state index contributed by atoms with van der Waals surface area (Å²) in [4.78, 5) is 12.4. The number of aliphatic hydroxyl groups is 1. The number of benzene rings is 3. The lowest BCUT2D eigenvalue weighted by molar-refractivity contribution is 0.0833. The molecule has 34 heavy (non-hydrogen) atoms. The SMILES string of the molecule is COc1cccc(OC)c1OCC(O)CNC(=O)c1ccc(S(=O)(=O)Nc2ccccc2)cc1. The van der Waals surface area contributed by atoms with Gasteiger partial charge < -0.3 is 24.6 Å². The van der Waals surface area contributed by atoms with Crippen LogP contribution in [0.2, 0.25) is 0 Å². The van der Waals surface area contributed by atoms with Crippen LogP contribution in [0.25, 0.3) is 0 Å². The third-order valence-corrected chi connectivity index (χ3v) is 6.15. The van der Waals surface area contributed by atoms with E-state index >= 15 is 0 Å². The Morgan fingerprint density at radius 2 is 1.53 bits per heavy atom. The first-order valence-electron chi connectivity index (χ1n) is 10.3. The zero-order valence-corrected chi connectivity index (χ0v) is 19.5. The summed E-state index contributed by atoms with van der Waals surface area (Å²) < 4.78 is 43.6. The third kappa shape index (κ3) is 6.40. The zero-order valence-electron chi connectivity index (χ0n) is 18.7. The van der Waals surface area contributed by atoms with Gasteiger partial charge in [-0.3, -0.25) is 9.52 Å². The second kappa shape index (κ2) is 11.4. The van der Waals surface area contributed by atoms with Gasteiger partial charge in [-0.25, -0.2) is 8.42 Å². The molecule has 3 aromatic carbocycles. The van der Waals surface area contributed by atoms with Gasteiger partial charge in [0.25, 0.3) is 15.9 Å². The highest BCUT2D eigenvalue weighted by Crippen LogP contribution is 2.36. The van der Waals surface area contributed by atoms with Gasteiger partial charge in [-0.2, -0.15) is 0 Å². The summed E-state index contributed by atoms with van der Waals surface area (Å²) >= 11 is 0. The molecule has 0 saturated heterocycles. The Hall–Kier alpha value is -3.76. The Morgan fingerprint density at radius 1 is 0.912 bits per heavy atom. The van der Waals surface area contributed by atoms with Gasteiger partial charge in [-0.15, -0.1) is 0 Å². The number of amides is 1. The summed E-state index contributed by atoms with van der Waals surface area (Å²) in [6.45, 7) is -0.189. The third-order valence-electron chi connectivity index (χ3n) is 4.75. The van der Waals surface area contributed by atoms with Crippen LogP contribution in [0.3, 0.4) is 0 Å². The monoisotopic (exact) mass is 486 g/mol. The molecule has 3 N–H and O–H groups in total. The molecule has 3 rings (SSSR count). The van der Waals surface area contributed by atoms with Gasteiger partial charge in [0, 0.05) is 17.8 Å². The van der Waals surface area contributed by atoms with Crippen LogP contribution in [0, 0.1) is 0 Å². The number of carbonyl (C=O) groups excluding carboxylic acids is 1. The first-order chi connectivity index (χ1) is 16.3. The molecular weight excluding hydrogens is 460 g/mol. The van der Waals surface area contributed by atoms with Gasteiger partial charge >= 0.3 is 0 Å². The fourth-order valence-corrected chi connectivity index (χ4v) is 4.07. The summed E-state index contributed by atoms with van der Waals surface area (Å²) in [5.74, 6) is 0.785. The highest BCUT2D eigenvalue weighted by atomic mass is 32.2. The summed E-state index contributed by atoms with van der Waals surface area (Å²) in [7, 11) is -0.800. The molecule has 10 heteroatoms. The van der Waals surface area contributed by atoms with Crippen molar-refractivity contribution >= 4 is 21.6 Å². The summed E-state index contributed by atoms with van der Waals surface area (Å²) in [5, 5.41) is 12.8. The maximum absolute atomic E-state index is 12.5. The molecule has 0 heterocycles. The van der Waals surface area contributed by atoms with E-state index in [0.29, 0.717) is 22.9 Å². The van der Waals surface area contributed by atoms with Crippen molar-refractivity contribution in [2.45, 2.75) is 11.0 Å². The number of hydrogen-bond acceptors (Lipinski definition) is 7. The van der Waals surface area contributed by atoms with Crippen LogP contribution in [-0.2, 0) is 10.0 Å². The van der Waals surface area contributed by atoms with E-state index < -0.39 is 22.0 Å². The average molecular weight is 487 g/mol. The number of para-hydroxylation sites is 2. The van der Waals surface area contributed by atoms with Crippen molar-refractivity contribution in [3.63, 3.8) is 0 Å². The number of aliphatic hydroxyl groups excluding tert-OH is 1. The van der Waals surface area contributed by atoms with E-state index in [2.05, 4.69) is 10.0 Å². The minimum atomic E-state index is -3.79. The van der Waals surface area contributed by atoms with Gasteiger partial charge in [0.1, 0.15) is 12.7 Å². The fraction of sp³-hybridized carbons (Fsp3) is 0.208. The van der Waals surface area contributed by atoms with Crippen molar-refractivity contribution in [3.05, 3.63) is 78.4 Å². The van der Waals surface area contributed by atoms with E-state index in [1.165, 1.54) is 38.5 Å². The van der Waals surface area contributed by atoms with Gasteiger partial charge in [-0.05, 0) is 48.5 Å². The van der Waals surface area contributed by atoms with Crippen LogP contribution in [-0.4, -0.2) is 52.9 Å². The highest BCUT2D eigenvalue weighted by Gasteiger charge is 2.17. The standard InChI is InChI=1S/C24H26N2O7S/c1-31-21-9-6-10-22(32-2)23(21)33-16-19(27)15-25-24(28)17-11-13-20(14-12-17)34(29,30)26-18-7-4-3-5-8-18/h3-14,19,26-27H,15-16H2,1-2H3,(H,25,28). The molecule has 0 aliphatic carbocycles. The first kappa shape index (κ1) is 24.9. The number of rotatable bonds is 11. The van der Waals surface area contributed by atoms with E-state index in [4.69, 9.17) is 14.2 Å². The predicted molar refractivity (Wildman–Crippen MR) is 127 cm³/mol. The molecule has 0 spiro atoms. The summed E-state index contributed by atoms with van der Waals surface area (Å²) in [6.07, 6.45) is -1.01. The van der Waals surface area contributed by atoms with Crippen LogP contribution in [0.5, 0.6) is 17.2 Å². The average Bonchev–Trinajstić information content (AvgIpc) is 2.86. The molecule has 0 bridgehead atoms. The van der Waals surface area contributed by atoms with Crippen molar-refractivity contribution in [1.29, 1.82) is 0 Å². The van der Waals surface area contributed by atoms with Crippen LogP contribution >= 0.6 is 0 Å². The lowest BCUT2D eigenvalue weighted by Gasteiger charge is -2.17. The smallest absolute Gasteiger partial charge is 0.261 e. The number of hydrogen-bond donors (Lipinski definition) is 3. The van der Waals surface area contributed by atoms with Crippen molar-refractivity contribution in [2.75, 3.05) is 32.1 Å². The van der Waals surface area contributed by atoms with Crippen molar-refractivity contribution in [3.8, 4) is 17.2 Å². The molecule has 1 unspecified atom stereocenters. The molecule has 1 amide bonds. The molecule has 1 atom stereocenters. The topological polar surface area (TPSA) is 123 Å². The maximum atomic E-state index is 12.5. The number of ether oxygens (including phenoxy) is 3. The van der Waals surface area contributed by atoms with Gasteiger partial charge in [0.2, 0.25) is 5.75 Å². The van der Waals surface area contributed by atoms with Crippen molar-refractivity contribution < 1.29 is 32.5 Å². The Balaban J connectivity index is 1.54. The molecule has 0 saturated carbocycles. The number of anilines is 1. The molecule has 0 aromatic heterocycles. The number of carbonyl (C=O) groups is 1. The Bertz CT molecular complexity index is 1180. The van der Waals surface area contributed by atoms with Crippen LogP contribution < -0.4 is 24.2 Å². The van der Waals surface area contributed by atoms with E-state index in [-0.39, 0.29) is 23.6 Å². The minimum absolute atomic E-state index is 0.0205. The highest BCUT2D eigenvalue weighted by molar-refractivity contribution is 7.92. The van der Waals surface area contributed by atoms with Crippen molar-refractivity contribution in [1.82, 2.24) is 5.32 Å². The maximum Gasteiger partial charge on any atom is 0.261 e. The largest absolute Gasteiger partial charge is 0.493 e. The molecule has 0 aliphatic heterocycles. The van der Waals surface area contributed by atoms with E-state index in [1.54, 1.807) is 48.5 Å². The predicted octanol–water partition coefficient (Wildman–Crippen LogP) is 2.67. The summed E-state index contributed by atoms with van der Waals surface area (Å²) in [5.41, 5.74) is 0.685. The van der Waals surface area contributed by atoms with Gasteiger partial charge in [0.05, 0.1) is 19.1 Å². The van der Waals surface area contributed by atoms with Gasteiger partial charge in [-0.1, -0.05) is 24.3 Å². The molecule has 0 fully saturated rings. The van der Waals surface area contributed by atoms with Crippen LogP contribution in [0.4, 0.5) is 5.69 Å². The molecule has 9 nitrogen and oxygen atoms in total. The second-order valence-corrected chi connectivity index (χ2v) is 8.84. The quantitative estimate of drug-likeness (QED) is 0.381. The molecule has 3 aromatic rings. The normalized spacial score (nSPS) is 11.9. The first-order valence-corrected chi connectivity index (χ1v) is 11.8. The molecular formula is C24H26N2O7S. The lowest BCUT2D eigenvalue weighted by atomic mass is 10.2. The Labute approximate surface area is 198 Å². The fourth-order valence-electron chi connectivity index (χ4n) is 3.02. The zero-order chi connectivity index (χ0) is 24.6. The molecule has 0 aliphatic rings. The Kier molecular flexibility index (Phi) is 8.34. The summed E-state index contributed by atoms with van der Waals surface area (Å²) in [6, 6.07) is 19.1. The molecule has 0 radical (unpaired) electrons. The molecule has 180 valence electrons. The van der Waals surface area contributed by atoms with Crippen LogP contribution in [0.1, 0.15) is 10.4 Å². The second-order valence-electron chi connectivity index (χ2n) is 7.16. The van der Waals surface area contributed by atoms with Crippen molar-refractivity contribution in [2.24, 2.45) is 0 Å². The Morgan fingerprint density at radius 3 is 2.12 bits per heavy atom. The number of sulfonamides is 1. The number of methoxy groups -OCH3 is 2. The lowest BCUT2D eigenvalue weighted by Crippen LogP contribution is -2.35. The van der Waals surface area contributed by atoms with Crippen LogP contribution in [0.15, 0.2) is 77.7 Å². The van der Waals surface area contributed by atoms with E-state index in [0.717, 1.165) is 0 Å². The van der Waals surface area contributed by atoms with E-state index in [9.17, 15) is 18.3 Å². The minimum Gasteiger partial charge on any atom is -0.493 e. The van der Waals surface area contributed by atoms with Gasteiger partial charge in [0.15, 0.2) is 11.5 Å².